The summed E-state index contributed by atoms with van der Waals surface area (Å²) < 4.78 is 5.60. The van der Waals surface area contributed by atoms with Crippen molar-refractivity contribution < 1.29 is 9.84 Å². The van der Waals surface area contributed by atoms with Gasteiger partial charge in [0.25, 0.3) is 0 Å². The molecule has 1 aromatic heterocycles. The standard InChI is InChI=1S/C12H18N2O2/c1-10-8-14(5-2-6-16-10)12-7-13-4-3-11(12)9-15/h3-4,7,10,15H,2,5-6,8-9H2,1H3. The molecule has 0 amide bonds. The molecule has 1 aliphatic rings. The topological polar surface area (TPSA) is 45.6 Å². The van der Waals surface area contributed by atoms with Crippen LogP contribution in [-0.4, -0.2) is 35.9 Å². The number of aliphatic hydroxyl groups is 1. The van der Waals surface area contributed by atoms with Crippen LogP contribution >= 0.6 is 0 Å². The van der Waals surface area contributed by atoms with Crippen LogP contribution in [0.3, 0.4) is 0 Å². The molecule has 1 saturated heterocycles. The molecule has 16 heavy (non-hydrogen) atoms. The van der Waals surface area contributed by atoms with E-state index in [2.05, 4.69) is 16.8 Å². The second-order valence-electron chi connectivity index (χ2n) is 4.14. The molecular weight excluding hydrogens is 204 g/mol. The number of aromatic nitrogens is 1. The van der Waals surface area contributed by atoms with E-state index in [4.69, 9.17) is 4.74 Å². The molecule has 0 saturated carbocycles. The lowest BCUT2D eigenvalue weighted by molar-refractivity contribution is 0.0820. The molecule has 0 aliphatic carbocycles. The van der Waals surface area contributed by atoms with E-state index in [1.807, 2.05) is 12.3 Å². The maximum atomic E-state index is 9.30. The molecule has 0 aromatic carbocycles. The third-order valence-electron chi connectivity index (χ3n) is 2.85. The Kier molecular flexibility index (Phi) is 3.74. The van der Waals surface area contributed by atoms with Gasteiger partial charge in [-0.05, 0) is 19.4 Å². The van der Waals surface area contributed by atoms with Crippen molar-refractivity contribution in [2.45, 2.75) is 26.1 Å². The number of pyridine rings is 1. The summed E-state index contributed by atoms with van der Waals surface area (Å²) in [6.45, 7) is 4.77. The minimum atomic E-state index is 0.0591. The summed E-state index contributed by atoms with van der Waals surface area (Å²) in [5, 5.41) is 9.30. The maximum absolute atomic E-state index is 9.30. The number of nitrogens with zero attached hydrogens (tertiary/aromatic N) is 2. The van der Waals surface area contributed by atoms with Crippen LogP contribution in [0.2, 0.25) is 0 Å². The first-order valence-corrected chi connectivity index (χ1v) is 5.71. The van der Waals surface area contributed by atoms with Gasteiger partial charge in [-0.2, -0.15) is 0 Å². The lowest BCUT2D eigenvalue weighted by atomic mass is 10.2. The van der Waals surface area contributed by atoms with E-state index in [0.717, 1.165) is 37.4 Å². The van der Waals surface area contributed by atoms with Crippen molar-refractivity contribution in [3.8, 4) is 0 Å². The SMILES string of the molecule is CC1CN(c2cnccc2CO)CCCO1. The van der Waals surface area contributed by atoms with Crippen LogP contribution in [0.4, 0.5) is 5.69 Å². The summed E-state index contributed by atoms with van der Waals surface area (Å²) in [7, 11) is 0. The summed E-state index contributed by atoms with van der Waals surface area (Å²) >= 11 is 0. The number of rotatable bonds is 2. The molecule has 2 heterocycles. The average molecular weight is 222 g/mol. The van der Waals surface area contributed by atoms with Gasteiger partial charge in [0.2, 0.25) is 0 Å². The Hall–Kier alpha value is -1.13. The fourth-order valence-corrected chi connectivity index (χ4v) is 2.05. The first kappa shape index (κ1) is 11.4. The van der Waals surface area contributed by atoms with Crippen LogP contribution < -0.4 is 4.90 Å². The van der Waals surface area contributed by atoms with Gasteiger partial charge in [-0.1, -0.05) is 0 Å². The Labute approximate surface area is 95.9 Å². The zero-order valence-electron chi connectivity index (χ0n) is 9.59. The Balaban J connectivity index is 2.20. The number of hydrogen-bond acceptors (Lipinski definition) is 4. The van der Waals surface area contributed by atoms with Crippen molar-refractivity contribution in [1.29, 1.82) is 0 Å². The Morgan fingerprint density at radius 1 is 1.62 bits per heavy atom. The summed E-state index contributed by atoms with van der Waals surface area (Å²) in [5.41, 5.74) is 1.96. The van der Waals surface area contributed by atoms with E-state index in [1.54, 1.807) is 6.20 Å². The molecule has 0 spiro atoms. The van der Waals surface area contributed by atoms with Gasteiger partial charge >= 0.3 is 0 Å². The zero-order chi connectivity index (χ0) is 11.4. The molecule has 1 aromatic rings. The monoisotopic (exact) mass is 222 g/mol. The highest BCUT2D eigenvalue weighted by molar-refractivity contribution is 5.51. The largest absolute Gasteiger partial charge is 0.392 e. The second-order valence-corrected chi connectivity index (χ2v) is 4.14. The maximum Gasteiger partial charge on any atom is 0.0721 e. The van der Waals surface area contributed by atoms with Crippen LogP contribution in [0, 0.1) is 0 Å². The lowest BCUT2D eigenvalue weighted by Gasteiger charge is -2.25. The molecule has 0 bridgehead atoms. The lowest BCUT2D eigenvalue weighted by Crippen LogP contribution is -2.31. The number of aliphatic hydroxyl groups excluding tert-OH is 1. The predicted octanol–water partition coefficient (Wildman–Crippen LogP) is 1.19. The minimum absolute atomic E-state index is 0.0591. The van der Waals surface area contributed by atoms with Crippen LogP contribution in [0.5, 0.6) is 0 Å². The highest BCUT2D eigenvalue weighted by Crippen LogP contribution is 2.21. The summed E-state index contributed by atoms with van der Waals surface area (Å²) in [5.74, 6) is 0. The Bertz CT molecular complexity index is 344. The quantitative estimate of drug-likeness (QED) is 0.816. The number of hydrogen-bond donors (Lipinski definition) is 1. The Morgan fingerprint density at radius 2 is 2.50 bits per heavy atom. The van der Waals surface area contributed by atoms with Crippen LogP contribution in [0.25, 0.3) is 0 Å². The fourth-order valence-electron chi connectivity index (χ4n) is 2.05. The fraction of sp³-hybridized carbons (Fsp3) is 0.583. The minimum Gasteiger partial charge on any atom is -0.392 e. The molecule has 2 rings (SSSR count). The van der Waals surface area contributed by atoms with Crippen LogP contribution in [0.1, 0.15) is 18.9 Å². The van der Waals surface area contributed by atoms with Crippen molar-refractivity contribution in [2.75, 3.05) is 24.6 Å². The van der Waals surface area contributed by atoms with Crippen LogP contribution in [0.15, 0.2) is 18.5 Å². The van der Waals surface area contributed by atoms with Crippen molar-refractivity contribution >= 4 is 5.69 Å². The van der Waals surface area contributed by atoms with E-state index >= 15 is 0 Å². The van der Waals surface area contributed by atoms with Gasteiger partial charge in [0.05, 0.1) is 24.6 Å². The van der Waals surface area contributed by atoms with Gasteiger partial charge < -0.3 is 14.7 Å². The average Bonchev–Trinajstić information content (AvgIpc) is 2.54. The Morgan fingerprint density at radius 3 is 3.31 bits per heavy atom. The molecule has 4 heteroatoms. The smallest absolute Gasteiger partial charge is 0.0721 e. The van der Waals surface area contributed by atoms with Crippen molar-refractivity contribution in [3.63, 3.8) is 0 Å². The molecule has 88 valence electrons. The van der Waals surface area contributed by atoms with Crippen LogP contribution in [-0.2, 0) is 11.3 Å². The highest BCUT2D eigenvalue weighted by atomic mass is 16.5. The first-order chi connectivity index (χ1) is 7.81. The molecule has 0 radical (unpaired) electrons. The number of anilines is 1. The van der Waals surface area contributed by atoms with Gasteiger partial charge in [-0.15, -0.1) is 0 Å². The molecule has 1 atom stereocenters. The van der Waals surface area contributed by atoms with E-state index < -0.39 is 0 Å². The van der Waals surface area contributed by atoms with Gasteiger partial charge in [-0.25, -0.2) is 0 Å². The molecule has 1 N–H and O–H groups in total. The molecule has 1 unspecified atom stereocenters. The zero-order valence-corrected chi connectivity index (χ0v) is 9.59. The summed E-state index contributed by atoms with van der Waals surface area (Å²) in [4.78, 5) is 6.38. The predicted molar refractivity (Wildman–Crippen MR) is 62.4 cm³/mol. The molecule has 1 fully saturated rings. The third-order valence-corrected chi connectivity index (χ3v) is 2.85. The molecular formula is C12H18N2O2. The number of ether oxygens (including phenoxy) is 1. The summed E-state index contributed by atoms with van der Waals surface area (Å²) in [6.07, 6.45) is 4.79. The summed E-state index contributed by atoms with van der Waals surface area (Å²) in [6, 6.07) is 1.87. The first-order valence-electron chi connectivity index (χ1n) is 5.71. The van der Waals surface area contributed by atoms with Gasteiger partial charge in [0.15, 0.2) is 0 Å². The molecule has 1 aliphatic heterocycles. The second kappa shape index (κ2) is 5.27. The van der Waals surface area contributed by atoms with Crippen molar-refractivity contribution in [2.24, 2.45) is 0 Å². The van der Waals surface area contributed by atoms with Crippen molar-refractivity contribution in [3.05, 3.63) is 24.0 Å². The van der Waals surface area contributed by atoms with Gasteiger partial charge in [0.1, 0.15) is 0 Å². The normalized spacial score (nSPS) is 21.9. The molecule has 4 nitrogen and oxygen atoms in total. The third kappa shape index (κ3) is 2.51. The van der Waals surface area contributed by atoms with Gasteiger partial charge in [0, 0.05) is 31.5 Å². The highest BCUT2D eigenvalue weighted by Gasteiger charge is 2.17. The van der Waals surface area contributed by atoms with E-state index in [0.29, 0.717) is 0 Å². The van der Waals surface area contributed by atoms with Crippen molar-refractivity contribution in [1.82, 2.24) is 4.98 Å². The van der Waals surface area contributed by atoms with E-state index in [9.17, 15) is 5.11 Å². The van der Waals surface area contributed by atoms with Gasteiger partial charge in [-0.3, -0.25) is 4.98 Å². The van der Waals surface area contributed by atoms with E-state index in [1.165, 1.54) is 0 Å². The van der Waals surface area contributed by atoms with E-state index in [-0.39, 0.29) is 12.7 Å².